The van der Waals surface area contributed by atoms with E-state index in [1.807, 2.05) is 0 Å². The third-order valence-corrected chi connectivity index (χ3v) is 14.2. The lowest BCUT2D eigenvalue weighted by molar-refractivity contribution is 0.490. The van der Waals surface area contributed by atoms with Gasteiger partial charge in [0.05, 0.1) is 0 Å². The Morgan fingerprint density at radius 3 is 0.788 bits per heavy atom. The van der Waals surface area contributed by atoms with Crippen LogP contribution in [0.1, 0.15) is 121 Å². The number of fused-ring (bicyclic) bond motifs is 9. The Hall–Kier alpha value is -4.68. The van der Waals surface area contributed by atoms with E-state index in [2.05, 4.69) is 163 Å². The molecule has 0 atom stereocenters. The van der Waals surface area contributed by atoms with Crippen LogP contribution in [-0.4, -0.2) is 0 Å². The SMILES string of the molecule is C.CCC1(CC)c2ccccc2-c2ccc(-c3ccc4c(c3)C(CC)(CC)c3cc(-c5ccc6c(c5)C(CC)(CC)c5ccccc5-6)ccc3-4)cc21. The summed E-state index contributed by atoms with van der Waals surface area (Å²) in [5, 5.41) is 0. The molecule has 0 saturated carbocycles. The Morgan fingerprint density at radius 1 is 0.288 bits per heavy atom. The molecule has 9 rings (SSSR count). The average molecular weight is 679 g/mol. The van der Waals surface area contributed by atoms with E-state index in [0.29, 0.717) is 0 Å². The summed E-state index contributed by atoms with van der Waals surface area (Å²) in [6.45, 7) is 14.3. The zero-order valence-corrected chi connectivity index (χ0v) is 31.3. The van der Waals surface area contributed by atoms with Crippen molar-refractivity contribution < 1.29 is 0 Å². The minimum atomic E-state index is -0.0101. The molecule has 0 spiro atoms. The third kappa shape index (κ3) is 4.33. The van der Waals surface area contributed by atoms with Gasteiger partial charge in [0.2, 0.25) is 0 Å². The van der Waals surface area contributed by atoms with Crippen molar-refractivity contribution in [3.63, 3.8) is 0 Å². The molecule has 0 heterocycles. The van der Waals surface area contributed by atoms with Crippen LogP contribution in [0.2, 0.25) is 0 Å². The summed E-state index contributed by atoms with van der Waals surface area (Å²) in [5.74, 6) is 0. The lowest BCUT2D eigenvalue weighted by Crippen LogP contribution is -2.23. The molecule has 6 aromatic rings. The van der Waals surface area contributed by atoms with Crippen LogP contribution in [-0.2, 0) is 16.2 Å². The van der Waals surface area contributed by atoms with Gasteiger partial charge in [-0.05, 0) is 152 Å². The van der Waals surface area contributed by atoms with E-state index in [0.717, 1.165) is 38.5 Å². The predicted molar refractivity (Wildman–Crippen MR) is 224 cm³/mol. The summed E-state index contributed by atoms with van der Waals surface area (Å²) in [4.78, 5) is 0. The average Bonchev–Trinajstić information content (AvgIpc) is 3.76. The normalized spacial score (nSPS) is 15.9. The van der Waals surface area contributed by atoms with Crippen LogP contribution >= 0.6 is 0 Å². The monoisotopic (exact) mass is 678 g/mol. The van der Waals surface area contributed by atoms with E-state index < -0.39 is 0 Å². The molecule has 0 aliphatic heterocycles. The van der Waals surface area contributed by atoms with Gasteiger partial charge in [0.25, 0.3) is 0 Å². The van der Waals surface area contributed by atoms with E-state index in [1.165, 1.54) is 89.0 Å². The van der Waals surface area contributed by atoms with Crippen molar-refractivity contribution in [2.75, 3.05) is 0 Å². The van der Waals surface area contributed by atoms with Gasteiger partial charge in [-0.1, -0.05) is 146 Å². The van der Waals surface area contributed by atoms with Gasteiger partial charge in [0.15, 0.2) is 0 Å². The van der Waals surface area contributed by atoms with Gasteiger partial charge in [0.1, 0.15) is 0 Å². The maximum absolute atomic E-state index is 2.55. The molecule has 0 nitrogen and oxygen atoms in total. The topological polar surface area (TPSA) is 0 Å². The largest absolute Gasteiger partial charge is 0.0776 e. The van der Waals surface area contributed by atoms with Crippen LogP contribution in [0.3, 0.4) is 0 Å². The molecule has 0 bridgehead atoms. The first-order valence-electron chi connectivity index (χ1n) is 19.7. The first-order valence-corrected chi connectivity index (χ1v) is 19.7. The summed E-state index contributed by atoms with van der Waals surface area (Å²) in [7, 11) is 0. The highest BCUT2D eigenvalue weighted by Gasteiger charge is 2.43. The molecule has 0 amide bonds. The van der Waals surface area contributed by atoms with Crippen LogP contribution in [0.5, 0.6) is 0 Å². The number of hydrogen-bond donors (Lipinski definition) is 0. The van der Waals surface area contributed by atoms with Crippen LogP contribution in [0.15, 0.2) is 121 Å². The van der Waals surface area contributed by atoms with E-state index in [-0.39, 0.29) is 23.7 Å². The standard InChI is InChI=1S/C51H50.CH4/c1-7-49(8-2)43-19-15-13-17-37(43)39-25-21-33(29-45(39)49)35-23-27-41-42-28-24-36(32-48(42)51(11-5,12-6)47(41)31-35)34-22-26-40-38-18-14-16-20-44(38)50(9-3,10-4)46(40)30-34;/h13-32H,7-12H2,1-6H3;1H4. The maximum atomic E-state index is 2.55. The molecule has 0 heteroatoms. The van der Waals surface area contributed by atoms with E-state index in [9.17, 15) is 0 Å². The van der Waals surface area contributed by atoms with Gasteiger partial charge in [-0.2, -0.15) is 0 Å². The first kappa shape index (κ1) is 34.4. The fourth-order valence-corrected chi connectivity index (χ4v) is 11.2. The lowest BCUT2D eigenvalue weighted by atomic mass is 9.72. The van der Waals surface area contributed by atoms with Gasteiger partial charge in [-0.25, -0.2) is 0 Å². The Labute approximate surface area is 313 Å². The van der Waals surface area contributed by atoms with Gasteiger partial charge in [-0.15, -0.1) is 0 Å². The summed E-state index contributed by atoms with van der Waals surface area (Å²) in [6, 6.07) is 47.5. The molecule has 52 heavy (non-hydrogen) atoms. The van der Waals surface area contributed by atoms with Crippen LogP contribution in [0.4, 0.5) is 0 Å². The Bertz CT molecular complexity index is 2170. The highest BCUT2D eigenvalue weighted by atomic mass is 14.5. The highest BCUT2D eigenvalue weighted by molar-refractivity contribution is 5.89. The summed E-state index contributed by atoms with van der Waals surface area (Å²) < 4.78 is 0. The molecular formula is C52H54. The summed E-state index contributed by atoms with van der Waals surface area (Å²) in [6.07, 6.45) is 6.62. The summed E-state index contributed by atoms with van der Waals surface area (Å²) >= 11 is 0. The minimum Gasteiger partial charge on any atom is -0.0776 e. The minimum absolute atomic E-state index is 0. The van der Waals surface area contributed by atoms with Crippen LogP contribution in [0.25, 0.3) is 55.6 Å². The molecule has 0 radical (unpaired) electrons. The van der Waals surface area contributed by atoms with Crippen LogP contribution < -0.4 is 0 Å². The molecule has 0 saturated heterocycles. The van der Waals surface area contributed by atoms with Crippen molar-refractivity contribution >= 4 is 0 Å². The smallest absolute Gasteiger partial charge is 0.0210 e. The van der Waals surface area contributed by atoms with Crippen molar-refractivity contribution in [2.45, 2.75) is 104 Å². The van der Waals surface area contributed by atoms with E-state index >= 15 is 0 Å². The molecule has 0 aromatic heterocycles. The zero-order chi connectivity index (χ0) is 35.1. The first-order chi connectivity index (χ1) is 24.9. The quantitative estimate of drug-likeness (QED) is 0.150. The van der Waals surface area contributed by atoms with E-state index in [4.69, 9.17) is 0 Å². The number of hydrogen-bond acceptors (Lipinski definition) is 0. The predicted octanol–water partition coefficient (Wildman–Crippen LogP) is 14.9. The van der Waals surface area contributed by atoms with Crippen molar-refractivity contribution in [1.29, 1.82) is 0 Å². The second-order valence-corrected chi connectivity index (χ2v) is 15.5. The molecule has 262 valence electrons. The fraction of sp³-hybridized carbons (Fsp3) is 0.308. The third-order valence-electron chi connectivity index (χ3n) is 14.2. The molecule has 3 aliphatic carbocycles. The molecule has 0 N–H and O–H groups in total. The molecule has 0 fully saturated rings. The molecule has 3 aliphatic rings. The molecule has 0 unspecified atom stereocenters. The lowest BCUT2D eigenvalue weighted by Gasteiger charge is -2.31. The Kier molecular flexibility index (Phi) is 8.26. The van der Waals surface area contributed by atoms with Gasteiger partial charge in [-0.3, -0.25) is 0 Å². The van der Waals surface area contributed by atoms with Gasteiger partial charge < -0.3 is 0 Å². The van der Waals surface area contributed by atoms with Crippen LogP contribution in [0, 0.1) is 0 Å². The summed E-state index contributed by atoms with van der Waals surface area (Å²) in [5.41, 5.74) is 23.0. The van der Waals surface area contributed by atoms with Crippen molar-refractivity contribution in [3.05, 3.63) is 155 Å². The van der Waals surface area contributed by atoms with Crippen molar-refractivity contribution in [2.24, 2.45) is 0 Å². The van der Waals surface area contributed by atoms with Gasteiger partial charge >= 0.3 is 0 Å². The second kappa shape index (κ2) is 12.5. The zero-order valence-electron chi connectivity index (χ0n) is 31.3. The fourth-order valence-electron chi connectivity index (χ4n) is 11.2. The maximum Gasteiger partial charge on any atom is 0.0210 e. The van der Waals surface area contributed by atoms with Gasteiger partial charge in [0, 0.05) is 16.2 Å². The molecule has 6 aromatic carbocycles. The van der Waals surface area contributed by atoms with E-state index in [1.54, 1.807) is 0 Å². The second-order valence-electron chi connectivity index (χ2n) is 15.5. The number of benzene rings is 6. The Balaban J connectivity index is 0.00000387. The Morgan fingerprint density at radius 2 is 0.519 bits per heavy atom. The van der Waals surface area contributed by atoms with Crippen molar-refractivity contribution in [3.8, 4) is 55.6 Å². The highest BCUT2D eigenvalue weighted by Crippen LogP contribution is 2.57. The number of rotatable bonds is 8. The molecular weight excluding hydrogens is 625 g/mol. The van der Waals surface area contributed by atoms with Crippen molar-refractivity contribution in [1.82, 2.24) is 0 Å².